The Morgan fingerprint density at radius 2 is 2.12 bits per heavy atom. The minimum atomic E-state index is -0.310. The molecule has 5 rings (SSSR count). The largest absolute Gasteiger partial charge is 0.470 e. The number of carbonyl (C=O) groups is 1. The molecular formula is C23H25N7O4. The molecule has 1 amide bonds. The van der Waals surface area contributed by atoms with Gasteiger partial charge in [0.15, 0.2) is 11.5 Å². The Morgan fingerprint density at radius 3 is 2.76 bits per heavy atom. The van der Waals surface area contributed by atoms with Gasteiger partial charge in [-0.3, -0.25) is 9.78 Å². The maximum Gasteiger partial charge on any atom is 0.253 e. The summed E-state index contributed by atoms with van der Waals surface area (Å²) >= 11 is 0. The van der Waals surface area contributed by atoms with Gasteiger partial charge >= 0.3 is 0 Å². The molecule has 4 aromatic rings. The van der Waals surface area contributed by atoms with Gasteiger partial charge in [0.1, 0.15) is 13.2 Å². The van der Waals surface area contributed by atoms with Crippen LogP contribution in [-0.4, -0.2) is 47.0 Å². The fourth-order valence-corrected chi connectivity index (χ4v) is 3.61. The Morgan fingerprint density at radius 1 is 1.29 bits per heavy atom. The van der Waals surface area contributed by atoms with E-state index in [1.807, 2.05) is 0 Å². The quantitative estimate of drug-likeness (QED) is 0.423. The molecule has 1 aliphatic carbocycles. The molecule has 1 fully saturated rings. The first-order valence-electron chi connectivity index (χ1n) is 11.0. The van der Waals surface area contributed by atoms with Crippen LogP contribution in [0.4, 0.5) is 0 Å². The van der Waals surface area contributed by atoms with Gasteiger partial charge < -0.3 is 19.7 Å². The summed E-state index contributed by atoms with van der Waals surface area (Å²) < 4.78 is 12.8. The first kappa shape index (κ1) is 22.0. The lowest BCUT2D eigenvalue weighted by atomic mass is 9.88. The molecular weight excluding hydrogens is 438 g/mol. The highest BCUT2D eigenvalue weighted by molar-refractivity contribution is 5.94. The van der Waals surface area contributed by atoms with Crippen LogP contribution in [0.25, 0.3) is 17.0 Å². The second-order valence-corrected chi connectivity index (χ2v) is 9.31. The molecule has 0 unspecified atom stereocenters. The number of carbonyl (C=O) groups excluding carboxylic acids is 1. The van der Waals surface area contributed by atoms with Crippen molar-refractivity contribution in [1.82, 2.24) is 35.3 Å². The van der Waals surface area contributed by atoms with E-state index in [1.54, 1.807) is 35.1 Å². The number of fused-ring (bicyclic) bond motifs is 1. The molecule has 11 heteroatoms. The van der Waals surface area contributed by atoms with Crippen LogP contribution in [0.2, 0.25) is 0 Å². The number of aliphatic hydroxyl groups excluding tert-OH is 1. The smallest absolute Gasteiger partial charge is 0.253 e. The first-order chi connectivity index (χ1) is 16.3. The van der Waals surface area contributed by atoms with Crippen LogP contribution in [0, 0.1) is 0 Å². The summed E-state index contributed by atoms with van der Waals surface area (Å²) in [5, 5.41) is 29.1. The van der Waals surface area contributed by atoms with Crippen molar-refractivity contribution in [3.63, 3.8) is 0 Å². The summed E-state index contributed by atoms with van der Waals surface area (Å²) in [6, 6.07) is 5.40. The van der Waals surface area contributed by atoms with E-state index in [4.69, 9.17) is 9.26 Å². The van der Waals surface area contributed by atoms with Gasteiger partial charge in [0, 0.05) is 23.9 Å². The molecule has 0 atom stereocenters. The average Bonchev–Trinajstić information content (AvgIpc) is 3.34. The Balaban J connectivity index is 1.43. The van der Waals surface area contributed by atoms with Crippen LogP contribution in [0.1, 0.15) is 61.0 Å². The standard InChI is InChI=1S/C23H25N7O4/c1-23(2,3)19-18-10-25-27-20(17-8-16(11-31)34-29-17)30(18)28-22(19)33-12-15-5-4-13(9-24-15)21(32)26-14-6-7-14/h4-5,8-10,14,31H,6-7,11-12H2,1-3H3,(H,26,32). The van der Waals surface area contributed by atoms with Gasteiger partial charge in [-0.05, 0) is 30.4 Å². The van der Waals surface area contributed by atoms with Crippen molar-refractivity contribution in [2.24, 2.45) is 0 Å². The number of nitrogens with one attached hydrogen (secondary N) is 1. The Hall–Kier alpha value is -3.86. The number of aliphatic hydroxyl groups is 1. The Kier molecular flexibility index (Phi) is 5.48. The molecule has 0 saturated heterocycles. The van der Waals surface area contributed by atoms with Crippen LogP contribution in [0.5, 0.6) is 5.88 Å². The van der Waals surface area contributed by atoms with Gasteiger partial charge in [-0.1, -0.05) is 25.9 Å². The maximum atomic E-state index is 12.2. The van der Waals surface area contributed by atoms with Gasteiger partial charge in [0.05, 0.1) is 23.0 Å². The highest BCUT2D eigenvalue weighted by atomic mass is 16.5. The monoisotopic (exact) mass is 463 g/mol. The van der Waals surface area contributed by atoms with Crippen LogP contribution in [0.3, 0.4) is 0 Å². The summed E-state index contributed by atoms with van der Waals surface area (Å²) in [6.07, 6.45) is 5.25. The number of hydrogen-bond donors (Lipinski definition) is 2. The summed E-state index contributed by atoms with van der Waals surface area (Å²) in [7, 11) is 0. The molecule has 0 aromatic carbocycles. The fraction of sp³-hybridized carbons (Fsp3) is 0.391. The highest BCUT2D eigenvalue weighted by Gasteiger charge is 2.28. The van der Waals surface area contributed by atoms with Gasteiger partial charge in [-0.25, -0.2) is 4.52 Å². The second kappa shape index (κ2) is 8.49. The van der Waals surface area contributed by atoms with Crippen molar-refractivity contribution in [2.75, 3.05) is 0 Å². The van der Waals surface area contributed by atoms with Gasteiger partial charge in [0.25, 0.3) is 5.91 Å². The molecule has 1 saturated carbocycles. The van der Waals surface area contributed by atoms with E-state index in [9.17, 15) is 9.90 Å². The summed E-state index contributed by atoms with van der Waals surface area (Å²) in [5.74, 6) is 0.994. The Bertz CT molecular complexity index is 1330. The van der Waals surface area contributed by atoms with E-state index in [1.165, 1.54) is 0 Å². The minimum Gasteiger partial charge on any atom is -0.470 e. The normalized spacial score (nSPS) is 13.9. The lowest BCUT2D eigenvalue weighted by molar-refractivity contribution is 0.0950. The third-order valence-corrected chi connectivity index (χ3v) is 5.47. The minimum absolute atomic E-state index is 0.109. The first-order valence-corrected chi connectivity index (χ1v) is 11.0. The van der Waals surface area contributed by atoms with Gasteiger partial charge in [-0.2, -0.15) is 5.10 Å². The molecule has 176 valence electrons. The zero-order valence-corrected chi connectivity index (χ0v) is 19.1. The number of pyridine rings is 1. The molecule has 1 aliphatic rings. The summed E-state index contributed by atoms with van der Waals surface area (Å²) in [4.78, 5) is 16.6. The van der Waals surface area contributed by atoms with Crippen LogP contribution >= 0.6 is 0 Å². The molecule has 0 spiro atoms. The molecule has 4 heterocycles. The van der Waals surface area contributed by atoms with Gasteiger partial charge in [-0.15, -0.1) is 10.2 Å². The number of aromatic nitrogens is 6. The van der Waals surface area contributed by atoms with E-state index in [-0.39, 0.29) is 24.5 Å². The van der Waals surface area contributed by atoms with Crippen molar-refractivity contribution in [2.45, 2.75) is 58.3 Å². The van der Waals surface area contributed by atoms with E-state index in [0.717, 1.165) is 23.9 Å². The van der Waals surface area contributed by atoms with E-state index in [0.29, 0.717) is 40.5 Å². The van der Waals surface area contributed by atoms with Crippen LogP contribution in [-0.2, 0) is 18.6 Å². The molecule has 0 bridgehead atoms. The van der Waals surface area contributed by atoms with E-state index < -0.39 is 0 Å². The topological polar surface area (TPSA) is 141 Å². The predicted molar refractivity (Wildman–Crippen MR) is 120 cm³/mol. The fourth-order valence-electron chi connectivity index (χ4n) is 3.61. The second-order valence-electron chi connectivity index (χ2n) is 9.31. The third kappa shape index (κ3) is 4.34. The summed E-state index contributed by atoms with van der Waals surface area (Å²) in [6.45, 7) is 6.07. The summed E-state index contributed by atoms with van der Waals surface area (Å²) in [5.41, 5.74) is 2.86. The van der Waals surface area contributed by atoms with Crippen molar-refractivity contribution >= 4 is 11.4 Å². The molecule has 34 heavy (non-hydrogen) atoms. The lowest BCUT2D eigenvalue weighted by Gasteiger charge is -2.18. The number of amides is 1. The molecule has 11 nitrogen and oxygen atoms in total. The van der Waals surface area contributed by atoms with Crippen LogP contribution in [0.15, 0.2) is 35.1 Å². The number of hydrogen-bond acceptors (Lipinski definition) is 9. The highest BCUT2D eigenvalue weighted by Crippen LogP contribution is 2.36. The molecule has 0 radical (unpaired) electrons. The van der Waals surface area contributed by atoms with Crippen molar-refractivity contribution in [1.29, 1.82) is 0 Å². The molecule has 2 N–H and O–H groups in total. The van der Waals surface area contributed by atoms with Gasteiger partial charge in [0.2, 0.25) is 11.7 Å². The zero-order valence-electron chi connectivity index (χ0n) is 19.1. The molecule has 0 aliphatic heterocycles. The van der Waals surface area contributed by atoms with E-state index >= 15 is 0 Å². The zero-order chi connectivity index (χ0) is 23.9. The third-order valence-electron chi connectivity index (χ3n) is 5.47. The number of nitrogens with zero attached hydrogens (tertiary/aromatic N) is 6. The van der Waals surface area contributed by atoms with Crippen LogP contribution < -0.4 is 10.1 Å². The van der Waals surface area contributed by atoms with Crippen molar-refractivity contribution < 1.29 is 19.2 Å². The number of rotatable bonds is 7. The van der Waals surface area contributed by atoms with Crippen molar-refractivity contribution in [3.8, 4) is 17.4 Å². The molecule has 4 aromatic heterocycles. The number of ether oxygens (including phenoxy) is 1. The van der Waals surface area contributed by atoms with E-state index in [2.05, 4.69) is 51.5 Å². The maximum absolute atomic E-state index is 12.2. The Labute approximate surface area is 195 Å². The lowest BCUT2D eigenvalue weighted by Crippen LogP contribution is -2.25. The van der Waals surface area contributed by atoms with Crippen molar-refractivity contribution in [3.05, 3.63) is 53.2 Å². The average molecular weight is 463 g/mol. The predicted octanol–water partition coefficient (Wildman–Crippen LogP) is 2.44. The SMILES string of the molecule is CC(C)(C)c1c(OCc2ccc(C(=O)NC3CC3)cn2)nn2c(-c3cc(CO)on3)nncc12.